The zero-order valence-electron chi connectivity index (χ0n) is 29.3. The molecule has 1 rings (SSSR count). The average molecular weight is 706 g/mol. The van der Waals surface area contributed by atoms with Gasteiger partial charge in [0.05, 0.1) is 19.0 Å². The maximum absolute atomic E-state index is 13.4. The van der Waals surface area contributed by atoms with Gasteiger partial charge in [0.1, 0.15) is 29.9 Å². The van der Waals surface area contributed by atoms with E-state index in [9.17, 15) is 38.7 Å². The van der Waals surface area contributed by atoms with Crippen molar-refractivity contribution in [3.8, 4) is 5.75 Å². The summed E-state index contributed by atoms with van der Waals surface area (Å²) in [5.74, 6) is -5.49. The van der Waals surface area contributed by atoms with E-state index >= 15 is 0 Å². The van der Waals surface area contributed by atoms with Crippen LogP contribution >= 0.6 is 0 Å². The van der Waals surface area contributed by atoms with Gasteiger partial charge in [-0.3, -0.25) is 33.6 Å². The molecule has 0 aromatic heterocycles. The predicted molar refractivity (Wildman–Crippen MR) is 185 cm³/mol. The van der Waals surface area contributed by atoms with E-state index in [0.29, 0.717) is 24.9 Å². The second-order valence-corrected chi connectivity index (χ2v) is 13.1. The zero-order valence-corrected chi connectivity index (χ0v) is 29.3. The highest BCUT2D eigenvalue weighted by Crippen LogP contribution is 2.12. The van der Waals surface area contributed by atoms with Crippen LogP contribution in [0.2, 0.25) is 0 Å². The van der Waals surface area contributed by atoms with Crippen LogP contribution in [0.15, 0.2) is 24.3 Å². The molecule has 280 valence electrons. The number of phenols is 1. The van der Waals surface area contributed by atoms with Crippen LogP contribution in [0.3, 0.4) is 0 Å². The van der Waals surface area contributed by atoms with Gasteiger partial charge in [0.15, 0.2) is 0 Å². The molecule has 0 unspecified atom stereocenters. The fourth-order valence-electron chi connectivity index (χ4n) is 4.93. The van der Waals surface area contributed by atoms with Crippen molar-refractivity contribution in [2.45, 2.75) is 103 Å². The molecule has 0 aliphatic carbocycles. The highest BCUT2D eigenvalue weighted by atomic mass is 16.3. The van der Waals surface area contributed by atoms with Gasteiger partial charge in [-0.25, -0.2) is 0 Å². The summed E-state index contributed by atoms with van der Waals surface area (Å²) in [4.78, 5) is 89.1. The quantitative estimate of drug-likeness (QED) is 0.0553. The number of rotatable bonds is 23. The van der Waals surface area contributed by atoms with E-state index in [1.54, 1.807) is 26.0 Å². The van der Waals surface area contributed by atoms with Crippen molar-refractivity contribution >= 4 is 41.4 Å². The van der Waals surface area contributed by atoms with Gasteiger partial charge in [-0.1, -0.05) is 39.8 Å². The van der Waals surface area contributed by atoms with Crippen molar-refractivity contribution in [1.29, 1.82) is 0 Å². The van der Waals surface area contributed by atoms with Crippen molar-refractivity contribution in [3.63, 3.8) is 0 Å². The number of unbranched alkanes of at least 4 members (excludes halogenated alkanes) is 1. The molecule has 0 saturated carbocycles. The number of phenolic OH excluding ortho intramolecular Hbond substituents is 1. The zero-order chi connectivity index (χ0) is 38.0. The first-order valence-electron chi connectivity index (χ1n) is 16.7. The van der Waals surface area contributed by atoms with E-state index in [1.807, 2.05) is 13.8 Å². The van der Waals surface area contributed by atoms with Crippen LogP contribution in [0.1, 0.15) is 71.8 Å². The molecular weight excluding hydrogens is 650 g/mol. The fourth-order valence-corrected chi connectivity index (χ4v) is 4.93. The van der Waals surface area contributed by atoms with Crippen molar-refractivity contribution in [2.75, 3.05) is 13.1 Å². The molecule has 17 heteroatoms. The molecule has 0 spiro atoms. The standard InChI is InChI=1S/C33H55N9O8/c1-18(2)13-24(31(48)38-17-28(45)39-23(29(37)46)7-5-6-12-34)41-33(50)26(16-27(36)44)42-32(49)25(14-19(3)4)40-30(47)22(35)15-20-8-10-21(43)11-9-20/h8-11,18-19,22-26,43H,5-7,12-17,34-35H2,1-4H3,(H2,36,44)(H2,37,46)(H,38,48)(H,39,45)(H,40,47)(H,41,50)(H,42,49)/t22-,23-,24-,25-,26-/m0/s1. The minimum Gasteiger partial charge on any atom is -0.508 e. The molecule has 7 amide bonds. The highest BCUT2D eigenvalue weighted by molar-refractivity contribution is 5.97. The molecule has 0 heterocycles. The van der Waals surface area contributed by atoms with E-state index in [2.05, 4.69) is 26.6 Å². The number of primary amides is 2. The Morgan fingerprint density at radius 3 is 1.74 bits per heavy atom. The van der Waals surface area contributed by atoms with Crippen LogP contribution in [0.4, 0.5) is 0 Å². The van der Waals surface area contributed by atoms with Gasteiger partial charge in [-0.05, 0) is 74.6 Å². The molecule has 0 bridgehead atoms. The van der Waals surface area contributed by atoms with Crippen LogP contribution in [-0.4, -0.2) is 89.8 Å². The fraction of sp³-hybridized carbons (Fsp3) is 0.606. The van der Waals surface area contributed by atoms with Crippen LogP contribution < -0.4 is 49.5 Å². The molecular formula is C33H55N9O8. The van der Waals surface area contributed by atoms with Gasteiger partial charge < -0.3 is 54.6 Å². The number of nitrogens with one attached hydrogen (secondary N) is 5. The summed E-state index contributed by atoms with van der Waals surface area (Å²) in [5, 5.41) is 22.0. The number of hydrogen-bond acceptors (Lipinski definition) is 10. The maximum atomic E-state index is 13.4. The Labute approximate surface area is 292 Å². The first-order chi connectivity index (χ1) is 23.4. The number of carbonyl (C=O) groups excluding carboxylic acids is 7. The lowest BCUT2D eigenvalue weighted by Crippen LogP contribution is -2.59. The summed E-state index contributed by atoms with van der Waals surface area (Å²) in [6.07, 6.45) is 1.27. The second kappa shape index (κ2) is 22.0. The molecule has 0 fully saturated rings. The van der Waals surface area contributed by atoms with Crippen LogP contribution in [0.25, 0.3) is 0 Å². The SMILES string of the molecule is CC(C)C[C@H](NC(=O)[C@H](CC(N)=O)NC(=O)[C@H](CC(C)C)NC(=O)[C@@H](N)Cc1ccc(O)cc1)C(=O)NCC(=O)N[C@@H](CCCCN)C(N)=O. The van der Waals surface area contributed by atoms with Gasteiger partial charge in [-0.15, -0.1) is 0 Å². The third kappa shape index (κ3) is 17.1. The van der Waals surface area contributed by atoms with Crippen molar-refractivity contribution in [2.24, 2.45) is 34.8 Å². The largest absolute Gasteiger partial charge is 0.508 e. The summed E-state index contributed by atoms with van der Waals surface area (Å²) in [6, 6.07) is 0.330. The molecule has 0 radical (unpaired) electrons. The Balaban J connectivity index is 3.01. The van der Waals surface area contributed by atoms with E-state index in [-0.39, 0.29) is 43.3 Å². The minimum atomic E-state index is -1.51. The number of nitrogens with two attached hydrogens (primary N) is 4. The lowest BCUT2D eigenvalue weighted by Gasteiger charge is -2.26. The maximum Gasteiger partial charge on any atom is 0.243 e. The average Bonchev–Trinajstić information content (AvgIpc) is 3.02. The van der Waals surface area contributed by atoms with E-state index in [4.69, 9.17) is 22.9 Å². The Morgan fingerprint density at radius 1 is 0.700 bits per heavy atom. The number of amides is 7. The van der Waals surface area contributed by atoms with Gasteiger partial charge >= 0.3 is 0 Å². The number of hydrogen-bond donors (Lipinski definition) is 10. The summed E-state index contributed by atoms with van der Waals surface area (Å²) >= 11 is 0. The normalized spacial score (nSPS) is 14.1. The Hall–Kier alpha value is -4.77. The first kappa shape index (κ1) is 43.3. The summed E-state index contributed by atoms with van der Waals surface area (Å²) in [5.41, 5.74) is 23.0. The van der Waals surface area contributed by atoms with E-state index in [1.165, 1.54) is 12.1 Å². The van der Waals surface area contributed by atoms with E-state index in [0.717, 1.165) is 0 Å². The Kier molecular flexibility index (Phi) is 19.1. The topological polar surface area (TPSA) is 304 Å². The highest BCUT2D eigenvalue weighted by Gasteiger charge is 2.32. The molecule has 0 aliphatic heterocycles. The minimum absolute atomic E-state index is 0.0543. The van der Waals surface area contributed by atoms with E-state index < -0.39 is 84.5 Å². The number of carbonyl (C=O) groups is 7. The lowest BCUT2D eigenvalue weighted by molar-refractivity contribution is -0.135. The van der Waals surface area contributed by atoms with Crippen molar-refractivity contribution in [3.05, 3.63) is 29.8 Å². The van der Waals surface area contributed by atoms with Crippen molar-refractivity contribution < 1.29 is 38.7 Å². The molecule has 0 saturated heterocycles. The van der Waals surface area contributed by atoms with Gasteiger partial charge in [-0.2, -0.15) is 0 Å². The molecule has 5 atom stereocenters. The summed E-state index contributed by atoms with van der Waals surface area (Å²) < 4.78 is 0. The van der Waals surface area contributed by atoms with Crippen molar-refractivity contribution in [1.82, 2.24) is 26.6 Å². The van der Waals surface area contributed by atoms with Gasteiger partial charge in [0, 0.05) is 0 Å². The van der Waals surface area contributed by atoms with Gasteiger partial charge in [0.25, 0.3) is 0 Å². The third-order valence-electron chi connectivity index (χ3n) is 7.50. The van der Waals surface area contributed by atoms with Crippen LogP contribution in [0, 0.1) is 11.8 Å². The Morgan fingerprint density at radius 2 is 1.22 bits per heavy atom. The second-order valence-electron chi connectivity index (χ2n) is 13.1. The number of benzene rings is 1. The van der Waals surface area contributed by atoms with Crippen LogP contribution in [-0.2, 0) is 40.0 Å². The Bertz CT molecular complexity index is 1310. The summed E-state index contributed by atoms with van der Waals surface area (Å²) in [6.45, 7) is 7.13. The third-order valence-corrected chi connectivity index (χ3v) is 7.50. The first-order valence-corrected chi connectivity index (χ1v) is 16.7. The lowest BCUT2D eigenvalue weighted by atomic mass is 10.00. The molecule has 0 aliphatic rings. The summed E-state index contributed by atoms with van der Waals surface area (Å²) in [7, 11) is 0. The molecule has 14 N–H and O–H groups in total. The molecule has 17 nitrogen and oxygen atoms in total. The molecule has 1 aromatic carbocycles. The van der Waals surface area contributed by atoms with Crippen LogP contribution in [0.5, 0.6) is 5.75 Å². The van der Waals surface area contributed by atoms with Gasteiger partial charge in [0.2, 0.25) is 41.4 Å². The smallest absolute Gasteiger partial charge is 0.243 e. The predicted octanol–water partition coefficient (Wildman–Crippen LogP) is -2.10. The number of aromatic hydroxyl groups is 1. The molecule has 1 aromatic rings. The molecule has 50 heavy (non-hydrogen) atoms. The monoisotopic (exact) mass is 705 g/mol.